The van der Waals surface area contributed by atoms with Gasteiger partial charge in [-0.1, -0.05) is 43.0 Å². The van der Waals surface area contributed by atoms with Crippen molar-refractivity contribution in [3.63, 3.8) is 0 Å². The molecule has 1 aliphatic heterocycles. The molecule has 0 N–H and O–H groups in total. The second kappa shape index (κ2) is 9.03. The summed E-state index contributed by atoms with van der Waals surface area (Å²) < 4.78 is 0. The van der Waals surface area contributed by atoms with E-state index >= 15 is 0 Å². The zero-order chi connectivity index (χ0) is 17.9. The van der Waals surface area contributed by atoms with Crippen LogP contribution in [0.5, 0.6) is 0 Å². The van der Waals surface area contributed by atoms with E-state index in [1.54, 1.807) is 18.5 Å². The van der Waals surface area contributed by atoms with Crippen molar-refractivity contribution in [3.05, 3.63) is 47.2 Å². The van der Waals surface area contributed by atoms with Crippen LogP contribution in [0.25, 0.3) is 11.4 Å². The van der Waals surface area contributed by atoms with E-state index in [-0.39, 0.29) is 18.3 Å². The van der Waals surface area contributed by atoms with Crippen molar-refractivity contribution in [2.75, 3.05) is 6.54 Å². The second-order valence-corrected chi connectivity index (χ2v) is 7.80. The zero-order valence-corrected chi connectivity index (χ0v) is 16.9. The van der Waals surface area contributed by atoms with E-state index in [2.05, 4.69) is 14.9 Å². The van der Waals surface area contributed by atoms with E-state index in [1.165, 1.54) is 32.1 Å². The highest BCUT2D eigenvalue weighted by atomic mass is 35.5. The van der Waals surface area contributed by atoms with Gasteiger partial charge < -0.3 is 4.90 Å². The van der Waals surface area contributed by atoms with Crippen LogP contribution in [0, 0.1) is 5.92 Å². The molecule has 0 bridgehead atoms. The summed E-state index contributed by atoms with van der Waals surface area (Å²) in [6.45, 7) is 0.904. The lowest BCUT2D eigenvalue weighted by Gasteiger charge is -2.31. The molecule has 1 atom stereocenters. The van der Waals surface area contributed by atoms with Gasteiger partial charge in [-0.05, 0) is 43.4 Å². The predicted molar refractivity (Wildman–Crippen MR) is 110 cm³/mol. The average molecular weight is 406 g/mol. The molecular weight excluding hydrogens is 381 g/mol. The Morgan fingerprint density at radius 3 is 2.52 bits per heavy atom. The second-order valence-electron chi connectivity index (χ2n) is 7.39. The van der Waals surface area contributed by atoms with Crippen molar-refractivity contribution in [3.8, 4) is 11.4 Å². The summed E-state index contributed by atoms with van der Waals surface area (Å²) in [5.74, 6) is 1.05. The molecule has 2 aromatic rings. The normalized spacial score (nSPS) is 20.6. The van der Waals surface area contributed by atoms with Gasteiger partial charge in [0.05, 0.1) is 0 Å². The Labute approximate surface area is 171 Å². The molecule has 2 fully saturated rings. The molecule has 4 nitrogen and oxygen atoms in total. The Kier molecular flexibility index (Phi) is 6.72. The van der Waals surface area contributed by atoms with Crippen molar-refractivity contribution < 1.29 is 4.79 Å². The third-order valence-corrected chi connectivity index (χ3v) is 6.06. The largest absolute Gasteiger partial charge is 0.339 e. The number of halogens is 2. The fourth-order valence-electron chi connectivity index (χ4n) is 4.27. The SMILES string of the molecule is Cl.O=C1C(Cc2ccc(-c3ncccn3)cc2Cl)CCN1C1CCCCC1. The van der Waals surface area contributed by atoms with Crippen molar-refractivity contribution in [2.45, 2.75) is 51.0 Å². The standard InChI is InChI=1S/C21H24ClN3O.ClH/c22-19-14-16(20-23-10-4-11-24-20)8-7-15(19)13-17-9-12-25(21(17)26)18-5-2-1-3-6-18;/h4,7-8,10-11,14,17-18H,1-3,5-6,9,12-13H2;1H. The number of likely N-dealkylation sites (tertiary alicyclic amines) is 1. The molecule has 0 radical (unpaired) electrons. The summed E-state index contributed by atoms with van der Waals surface area (Å²) in [5, 5.41) is 0.693. The maximum Gasteiger partial charge on any atom is 0.226 e. The quantitative estimate of drug-likeness (QED) is 0.722. The van der Waals surface area contributed by atoms with Gasteiger partial charge in [0.1, 0.15) is 0 Å². The van der Waals surface area contributed by atoms with Gasteiger partial charge in [-0.25, -0.2) is 9.97 Å². The van der Waals surface area contributed by atoms with Gasteiger partial charge in [-0.2, -0.15) is 0 Å². The lowest BCUT2D eigenvalue weighted by Crippen LogP contribution is -2.39. The summed E-state index contributed by atoms with van der Waals surface area (Å²) >= 11 is 6.51. The van der Waals surface area contributed by atoms with E-state index in [4.69, 9.17) is 11.6 Å². The van der Waals surface area contributed by atoms with Crippen molar-refractivity contribution >= 4 is 29.9 Å². The zero-order valence-electron chi connectivity index (χ0n) is 15.3. The molecule has 1 aromatic heterocycles. The Hall–Kier alpha value is -1.65. The first-order chi connectivity index (χ1) is 12.7. The first-order valence-corrected chi connectivity index (χ1v) is 9.96. The number of nitrogens with zero attached hydrogens (tertiary/aromatic N) is 3. The van der Waals surface area contributed by atoms with Gasteiger partial charge in [0.2, 0.25) is 5.91 Å². The highest BCUT2D eigenvalue weighted by molar-refractivity contribution is 6.31. The molecular formula is C21H25Cl2N3O. The van der Waals surface area contributed by atoms with Crippen LogP contribution < -0.4 is 0 Å². The number of hydrogen-bond donors (Lipinski definition) is 0. The van der Waals surface area contributed by atoms with Crippen LogP contribution in [0.15, 0.2) is 36.7 Å². The third kappa shape index (κ3) is 4.44. The van der Waals surface area contributed by atoms with Crippen molar-refractivity contribution in [1.82, 2.24) is 14.9 Å². The van der Waals surface area contributed by atoms with Gasteiger partial charge in [-0.15, -0.1) is 12.4 Å². The van der Waals surface area contributed by atoms with Crippen LogP contribution in [-0.4, -0.2) is 33.4 Å². The molecule has 27 heavy (non-hydrogen) atoms. The molecule has 1 saturated carbocycles. The molecule has 2 heterocycles. The van der Waals surface area contributed by atoms with Crippen molar-refractivity contribution in [1.29, 1.82) is 0 Å². The Morgan fingerprint density at radius 1 is 1.07 bits per heavy atom. The summed E-state index contributed by atoms with van der Waals surface area (Å²) in [4.78, 5) is 23.5. The van der Waals surface area contributed by atoms with Gasteiger partial charge in [0, 0.05) is 41.5 Å². The molecule has 144 valence electrons. The van der Waals surface area contributed by atoms with E-state index in [0.717, 1.165) is 30.5 Å². The summed E-state index contributed by atoms with van der Waals surface area (Å²) in [6, 6.07) is 8.18. The van der Waals surface area contributed by atoms with Crippen LogP contribution in [0.4, 0.5) is 0 Å². The Morgan fingerprint density at radius 2 is 1.81 bits per heavy atom. The highest BCUT2D eigenvalue weighted by Crippen LogP contribution is 2.32. The maximum atomic E-state index is 12.9. The monoisotopic (exact) mass is 405 g/mol. The van der Waals surface area contributed by atoms with E-state index in [1.807, 2.05) is 18.2 Å². The number of carbonyl (C=O) groups is 1. The van der Waals surface area contributed by atoms with Crippen LogP contribution in [0.1, 0.15) is 44.1 Å². The lowest BCUT2D eigenvalue weighted by atomic mass is 9.94. The number of amides is 1. The smallest absolute Gasteiger partial charge is 0.226 e. The number of hydrogen-bond acceptors (Lipinski definition) is 3. The van der Waals surface area contributed by atoms with Crippen LogP contribution in [0.3, 0.4) is 0 Å². The first kappa shape index (κ1) is 20.1. The number of aromatic nitrogens is 2. The third-order valence-electron chi connectivity index (χ3n) is 5.71. The summed E-state index contributed by atoms with van der Waals surface area (Å²) in [6.07, 6.45) is 11.3. The minimum absolute atomic E-state index is 0. The van der Waals surface area contributed by atoms with Gasteiger partial charge in [0.15, 0.2) is 5.82 Å². The summed E-state index contributed by atoms with van der Waals surface area (Å²) in [5.41, 5.74) is 1.94. The van der Waals surface area contributed by atoms with Crippen LogP contribution in [-0.2, 0) is 11.2 Å². The number of benzene rings is 1. The molecule has 2 aliphatic rings. The molecule has 1 aromatic carbocycles. The molecule has 1 aliphatic carbocycles. The fraction of sp³-hybridized carbons (Fsp3) is 0.476. The van der Waals surface area contributed by atoms with E-state index in [0.29, 0.717) is 22.8 Å². The van der Waals surface area contributed by atoms with E-state index in [9.17, 15) is 4.79 Å². The lowest BCUT2D eigenvalue weighted by molar-refractivity contribution is -0.133. The Bertz CT molecular complexity index is 778. The van der Waals surface area contributed by atoms with E-state index < -0.39 is 0 Å². The average Bonchev–Trinajstić information content (AvgIpc) is 3.05. The molecule has 1 unspecified atom stereocenters. The minimum Gasteiger partial charge on any atom is -0.339 e. The highest BCUT2D eigenvalue weighted by Gasteiger charge is 2.36. The minimum atomic E-state index is 0. The number of carbonyl (C=O) groups excluding carboxylic acids is 1. The maximum absolute atomic E-state index is 12.9. The fourth-order valence-corrected chi connectivity index (χ4v) is 4.53. The number of rotatable bonds is 4. The van der Waals surface area contributed by atoms with Gasteiger partial charge in [0.25, 0.3) is 0 Å². The van der Waals surface area contributed by atoms with Crippen LogP contribution in [0.2, 0.25) is 5.02 Å². The summed E-state index contributed by atoms with van der Waals surface area (Å²) in [7, 11) is 0. The molecule has 4 rings (SSSR count). The Balaban J connectivity index is 0.00000210. The van der Waals surface area contributed by atoms with Crippen LogP contribution >= 0.6 is 24.0 Å². The molecule has 6 heteroatoms. The molecule has 1 amide bonds. The predicted octanol–water partition coefficient (Wildman–Crippen LogP) is 4.94. The molecule has 0 spiro atoms. The van der Waals surface area contributed by atoms with Gasteiger partial charge in [-0.3, -0.25) is 4.79 Å². The molecule has 1 saturated heterocycles. The topological polar surface area (TPSA) is 46.1 Å². The first-order valence-electron chi connectivity index (χ1n) is 9.58. The van der Waals surface area contributed by atoms with Gasteiger partial charge >= 0.3 is 0 Å². The van der Waals surface area contributed by atoms with Crippen molar-refractivity contribution in [2.24, 2.45) is 5.92 Å².